The maximum Gasteiger partial charge on any atom is 0.573 e. The summed E-state index contributed by atoms with van der Waals surface area (Å²) >= 11 is 6.00. The third-order valence-electron chi connectivity index (χ3n) is 5.56. The molecular formula is C25H30ClF3N4O6. The molecule has 39 heavy (non-hydrogen) atoms. The molecule has 0 spiro atoms. The zero-order chi connectivity index (χ0) is 28.6. The van der Waals surface area contributed by atoms with E-state index in [1.807, 2.05) is 0 Å². The van der Waals surface area contributed by atoms with Gasteiger partial charge in [0.1, 0.15) is 11.5 Å². The highest BCUT2D eigenvalue weighted by molar-refractivity contribution is 6.30. The first-order valence-corrected chi connectivity index (χ1v) is 12.3. The predicted octanol–water partition coefficient (Wildman–Crippen LogP) is 2.87. The molecule has 1 amide bonds. The van der Waals surface area contributed by atoms with Crippen LogP contribution in [0.3, 0.4) is 0 Å². The van der Waals surface area contributed by atoms with Gasteiger partial charge in [0.2, 0.25) is 6.35 Å². The van der Waals surface area contributed by atoms with Crippen molar-refractivity contribution in [2.75, 3.05) is 33.4 Å². The summed E-state index contributed by atoms with van der Waals surface area (Å²) in [6.07, 6.45) is -6.84. The Labute approximate surface area is 228 Å². The molecule has 0 aliphatic carbocycles. The molecule has 2 atom stereocenters. The summed E-state index contributed by atoms with van der Waals surface area (Å²) in [6, 6.07) is 12.1. The number of hydrazine groups is 1. The molecule has 1 saturated heterocycles. The second-order valence-corrected chi connectivity index (χ2v) is 8.89. The number of hydrogen-bond donors (Lipinski definition) is 3. The van der Waals surface area contributed by atoms with Gasteiger partial charge >= 0.3 is 6.36 Å². The molecule has 1 heterocycles. The molecule has 0 aromatic heterocycles. The third kappa shape index (κ3) is 8.98. The molecule has 1 fully saturated rings. The Kier molecular flexibility index (Phi) is 10.8. The minimum absolute atomic E-state index is 0.0146. The fourth-order valence-corrected chi connectivity index (χ4v) is 3.80. The van der Waals surface area contributed by atoms with Crippen LogP contribution in [-0.2, 0) is 16.1 Å². The van der Waals surface area contributed by atoms with Gasteiger partial charge in [0, 0.05) is 37.6 Å². The normalized spacial score (nSPS) is 19.2. The second-order valence-electron chi connectivity index (χ2n) is 8.46. The van der Waals surface area contributed by atoms with E-state index >= 15 is 0 Å². The van der Waals surface area contributed by atoms with Crippen molar-refractivity contribution in [1.29, 1.82) is 0 Å². The molecule has 0 saturated carbocycles. The van der Waals surface area contributed by atoms with Crippen LogP contribution in [0, 0.1) is 0 Å². The minimum Gasteiger partial charge on any atom is -0.493 e. The summed E-state index contributed by atoms with van der Waals surface area (Å²) in [7, 11) is 1.51. The van der Waals surface area contributed by atoms with Crippen molar-refractivity contribution >= 4 is 17.5 Å². The van der Waals surface area contributed by atoms with Gasteiger partial charge in [-0.3, -0.25) is 9.69 Å². The molecule has 1 aliphatic rings. The average molecular weight is 575 g/mol. The van der Waals surface area contributed by atoms with Crippen molar-refractivity contribution in [1.82, 2.24) is 20.2 Å². The van der Waals surface area contributed by atoms with Crippen molar-refractivity contribution in [3.63, 3.8) is 0 Å². The largest absolute Gasteiger partial charge is 0.573 e. The number of aliphatic hydroxyl groups is 2. The molecule has 3 rings (SSSR count). The van der Waals surface area contributed by atoms with Crippen LogP contribution in [0.2, 0.25) is 5.02 Å². The molecule has 214 valence electrons. The number of aliphatic hydroxyl groups excluding tert-OH is 2. The van der Waals surface area contributed by atoms with E-state index < -0.39 is 30.7 Å². The summed E-state index contributed by atoms with van der Waals surface area (Å²) < 4.78 is 52.8. The Morgan fingerprint density at radius 3 is 2.46 bits per heavy atom. The highest BCUT2D eigenvalue weighted by Crippen LogP contribution is 2.26. The first-order valence-electron chi connectivity index (χ1n) is 11.9. The minimum atomic E-state index is -4.81. The number of nitrogens with zero attached hydrogens (tertiary/aromatic N) is 3. The van der Waals surface area contributed by atoms with E-state index in [1.54, 1.807) is 29.2 Å². The summed E-state index contributed by atoms with van der Waals surface area (Å²) in [6.45, 7) is 3.83. The highest BCUT2D eigenvalue weighted by Gasteiger charge is 2.36. The monoisotopic (exact) mass is 574 g/mol. The van der Waals surface area contributed by atoms with E-state index in [2.05, 4.69) is 16.7 Å². The maximum absolute atomic E-state index is 13.2. The number of benzene rings is 2. The standard InChI is InChI=1S/C25H30ClF3N4O6/c1-17-22(35)32(11-12-34)24(36)31(2)30-23(33(17)16-18-7-9-19(26)10-8-18)38-14-4-13-37-20-5-3-6-21(15-20)39-25(27,28)29/h3,5-10,15,23-24,30,34,36H,1,4,11-14,16H2,2H3. The van der Waals surface area contributed by atoms with Crippen LogP contribution >= 0.6 is 11.6 Å². The zero-order valence-electron chi connectivity index (χ0n) is 21.1. The van der Waals surface area contributed by atoms with Crippen molar-refractivity contribution < 1.29 is 42.4 Å². The number of alkyl halides is 3. The summed E-state index contributed by atoms with van der Waals surface area (Å²) in [5, 5.41) is 21.8. The molecule has 1 aliphatic heterocycles. The third-order valence-corrected chi connectivity index (χ3v) is 5.81. The Bertz CT molecular complexity index is 1110. The van der Waals surface area contributed by atoms with Gasteiger partial charge in [-0.2, -0.15) is 5.01 Å². The predicted molar refractivity (Wildman–Crippen MR) is 135 cm³/mol. The number of β-amino-alcohol motifs (C(OH)–C–C–N with tert-alkyl or cyclic N) is 1. The topological polar surface area (TPSA) is 107 Å². The summed E-state index contributed by atoms with van der Waals surface area (Å²) in [5.41, 5.74) is 3.80. The number of hydrogen-bond acceptors (Lipinski definition) is 9. The van der Waals surface area contributed by atoms with E-state index in [4.69, 9.17) is 21.1 Å². The number of rotatable bonds is 11. The average Bonchev–Trinajstić information content (AvgIpc) is 2.88. The maximum atomic E-state index is 13.2. The van der Waals surface area contributed by atoms with E-state index in [1.165, 1.54) is 30.3 Å². The van der Waals surface area contributed by atoms with Gasteiger partial charge < -0.3 is 29.3 Å². The number of amides is 1. The molecule has 2 unspecified atom stereocenters. The van der Waals surface area contributed by atoms with Gasteiger partial charge in [0.05, 0.1) is 25.5 Å². The Balaban J connectivity index is 1.67. The van der Waals surface area contributed by atoms with Gasteiger partial charge in [0.15, 0.2) is 6.35 Å². The zero-order valence-corrected chi connectivity index (χ0v) is 21.9. The molecule has 2 aromatic rings. The molecule has 0 radical (unpaired) electrons. The second kappa shape index (κ2) is 13.8. The van der Waals surface area contributed by atoms with Crippen LogP contribution in [0.15, 0.2) is 60.8 Å². The number of halogens is 4. The molecular weight excluding hydrogens is 545 g/mol. The van der Waals surface area contributed by atoms with Crippen molar-refractivity contribution in [3.05, 3.63) is 71.4 Å². The van der Waals surface area contributed by atoms with Gasteiger partial charge in [-0.05, 0) is 29.8 Å². The number of carbonyl (C=O) groups is 1. The van der Waals surface area contributed by atoms with Crippen LogP contribution in [0.5, 0.6) is 11.5 Å². The first kappa shape index (κ1) is 30.5. The van der Waals surface area contributed by atoms with E-state index in [9.17, 15) is 28.2 Å². The van der Waals surface area contributed by atoms with Gasteiger partial charge in [0.25, 0.3) is 5.91 Å². The van der Waals surface area contributed by atoms with Crippen LogP contribution < -0.4 is 14.9 Å². The molecule has 3 N–H and O–H groups in total. The fourth-order valence-electron chi connectivity index (χ4n) is 3.68. The number of carbonyl (C=O) groups excluding carboxylic acids is 1. The van der Waals surface area contributed by atoms with E-state index in [-0.39, 0.29) is 44.4 Å². The highest BCUT2D eigenvalue weighted by atomic mass is 35.5. The number of ether oxygens (including phenoxy) is 3. The Morgan fingerprint density at radius 1 is 1.10 bits per heavy atom. The van der Waals surface area contributed by atoms with Gasteiger partial charge in [-0.25, -0.2) is 5.43 Å². The fraction of sp³-hybridized carbons (Fsp3) is 0.400. The Hall–Kier alpha value is -3.07. The van der Waals surface area contributed by atoms with Crippen LogP contribution in [-0.4, -0.2) is 83.4 Å². The van der Waals surface area contributed by atoms with Gasteiger partial charge in [-0.15, -0.1) is 13.2 Å². The van der Waals surface area contributed by atoms with E-state index in [0.717, 1.165) is 16.5 Å². The molecule has 10 nitrogen and oxygen atoms in total. The lowest BCUT2D eigenvalue weighted by molar-refractivity contribution is -0.274. The lowest BCUT2D eigenvalue weighted by Gasteiger charge is -2.44. The SMILES string of the molecule is C=C1C(=O)N(CCO)C(O)N(C)NC(OCCCOc2cccc(OC(F)(F)F)c2)N1Cc1ccc(Cl)cc1. The smallest absolute Gasteiger partial charge is 0.493 e. The lowest BCUT2D eigenvalue weighted by atomic mass is 10.2. The van der Waals surface area contributed by atoms with Crippen molar-refractivity contribution in [2.45, 2.75) is 32.0 Å². The van der Waals surface area contributed by atoms with Crippen LogP contribution in [0.4, 0.5) is 13.2 Å². The van der Waals surface area contributed by atoms with Crippen LogP contribution in [0.25, 0.3) is 0 Å². The first-order chi connectivity index (χ1) is 18.5. The number of nitrogens with one attached hydrogen (secondary N) is 1. The molecule has 14 heteroatoms. The molecule has 0 bridgehead atoms. The molecule has 2 aromatic carbocycles. The lowest BCUT2D eigenvalue weighted by Crippen LogP contribution is -2.64. The van der Waals surface area contributed by atoms with Gasteiger partial charge in [-0.1, -0.05) is 36.4 Å². The summed E-state index contributed by atoms with van der Waals surface area (Å²) in [4.78, 5) is 15.8. The quantitative estimate of drug-likeness (QED) is 0.276. The van der Waals surface area contributed by atoms with E-state index in [0.29, 0.717) is 11.4 Å². The summed E-state index contributed by atoms with van der Waals surface area (Å²) in [5.74, 6) is -0.805. The van der Waals surface area contributed by atoms with Crippen molar-refractivity contribution in [2.24, 2.45) is 0 Å². The van der Waals surface area contributed by atoms with Crippen molar-refractivity contribution in [3.8, 4) is 11.5 Å². The Morgan fingerprint density at radius 2 is 1.79 bits per heavy atom. The van der Waals surface area contributed by atoms with Crippen LogP contribution in [0.1, 0.15) is 12.0 Å².